The molecular weight excluding hydrogens is 282 g/mol. The quantitative estimate of drug-likeness (QED) is 0.440. The van der Waals surface area contributed by atoms with Gasteiger partial charge in [-0.05, 0) is 30.3 Å². The first-order valence-electron chi connectivity index (χ1n) is 6.34. The van der Waals surface area contributed by atoms with Crippen LogP contribution in [0.15, 0.2) is 52.9 Å². The molecule has 3 N–H and O–H groups in total. The van der Waals surface area contributed by atoms with Gasteiger partial charge in [-0.3, -0.25) is 10.4 Å². The van der Waals surface area contributed by atoms with E-state index in [0.717, 1.165) is 21.4 Å². The molecule has 21 heavy (non-hydrogen) atoms. The van der Waals surface area contributed by atoms with Gasteiger partial charge in [-0.15, -0.1) is 0 Å². The molecule has 6 heteroatoms. The van der Waals surface area contributed by atoms with Gasteiger partial charge >= 0.3 is 0 Å². The first kappa shape index (κ1) is 13.5. The predicted molar refractivity (Wildman–Crippen MR) is 83.7 cm³/mol. The molecule has 5 nitrogen and oxygen atoms in total. The highest BCUT2D eigenvalue weighted by molar-refractivity contribution is 7.99. The number of fused-ring (bicyclic) bond motifs is 1. The zero-order valence-electron chi connectivity index (χ0n) is 11.4. The first-order chi connectivity index (χ1) is 10.1. The molecule has 0 aliphatic rings. The van der Waals surface area contributed by atoms with E-state index in [4.69, 9.17) is 11.1 Å². The third-order valence-corrected chi connectivity index (χ3v) is 4.00. The molecule has 0 saturated heterocycles. The Morgan fingerprint density at radius 3 is 2.52 bits per heavy atom. The van der Waals surface area contributed by atoms with Crippen molar-refractivity contribution in [2.24, 2.45) is 5.73 Å². The number of aryl methyl sites for hydroxylation is 1. The van der Waals surface area contributed by atoms with Crippen molar-refractivity contribution in [2.45, 2.75) is 17.0 Å². The van der Waals surface area contributed by atoms with Crippen molar-refractivity contribution in [1.82, 2.24) is 15.0 Å². The van der Waals surface area contributed by atoms with E-state index >= 15 is 0 Å². The number of hydrogen-bond donors (Lipinski definition) is 2. The molecule has 0 fully saturated rings. The highest BCUT2D eigenvalue weighted by Gasteiger charge is 2.13. The van der Waals surface area contributed by atoms with Crippen LogP contribution in [0, 0.1) is 12.3 Å². The summed E-state index contributed by atoms with van der Waals surface area (Å²) in [6, 6.07) is 7.76. The van der Waals surface area contributed by atoms with E-state index in [0.29, 0.717) is 10.7 Å². The predicted octanol–water partition coefficient (Wildman–Crippen LogP) is 2.77. The fourth-order valence-corrected chi connectivity index (χ4v) is 2.89. The van der Waals surface area contributed by atoms with Crippen LogP contribution in [0.4, 0.5) is 0 Å². The molecule has 0 atom stereocenters. The maximum absolute atomic E-state index is 7.74. The summed E-state index contributed by atoms with van der Waals surface area (Å²) in [6.45, 7) is 1.94. The highest BCUT2D eigenvalue weighted by Crippen LogP contribution is 2.33. The van der Waals surface area contributed by atoms with Gasteiger partial charge in [0.1, 0.15) is 5.84 Å². The lowest BCUT2D eigenvalue weighted by atomic mass is 10.1. The number of hydrogen-bond acceptors (Lipinski definition) is 5. The zero-order chi connectivity index (χ0) is 14.8. The van der Waals surface area contributed by atoms with Crippen molar-refractivity contribution in [3.05, 3.63) is 54.0 Å². The van der Waals surface area contributed by atoms with Gasteiger partial charge in [-0.2, -0.15) is 0 Å². The third-order valence-electron chi connectivity index (χ3n) is 2.97. The zero-order valence-corrected chi connectivity index (χ0v) is 12.2. The summed E-state index contributed by atoms with van der Waals surface area (Å²) in [4.78, 5) is 13.8. The number of aromatic nitrogens is 3. The van der Waals surface area contributed by atoms with Crippen LogP contribution >= 0.6 is 11.8 Å². The number of amidine groups is 1. The van der Waals surface area contributed by atoms with E-state index in [1.54, 1.807) is 18.6 Å². The summed E-state index contributed by atoms with van der Waals surface area (Å²) in [5.41, 5.74) is 8.14. The normalized spacial score (nSPS) is 10.7. The van der Waals surface area contributed by atoms with E-state index in [1.807, 2.05) is 31.2 Å². The Labute approximate surface area is 126 Å². The topological polar surface area (TPSA) is 88.5 Å². The van der Waals surface area contributed by atoms with Gasteiger partial charge in [-0.25, -0.2) is 9.97 Å². The molecule has 3 aromatic rings. The molecule has 0 amide bonds. The number of nitrogens with two attached hydrogens (primary N) is 1. The highest BCUT2D eigenvalue weighted by atomic mass is 32.2. The molecule has 1 aromatic carbocycles. The summed E-state index contributed by atoms with van der Waals surface area (Å²) < 4.78 is 0. The van der Waals surface area contributed by atoms with Gasteiger partial charge in [0.2, 0.25) is 0 Å². The Hall–Kier alpha value is -2.47. The van der Waals surface area contributed by atoms with Crippen LogP contribution in [0.3, 0.4) is 0 Å². The van der Waals surface area contributed by atoms with Crippen LogP contribution in [0.1, 0.15) is 11.1 Å². The van der Waals surface area contributed by atoms with E-state index < -0.39 is 0 Å². The Morgan fingerprint density at radius 2 is 1.81 bits per heavy atom. The summed E-state index contributed by atoms with van der Waals surface area (Å²) in [5.74, 6) is -0.0112. The number of nitrogens with zero attached hydrogens (tertiary/aromatic N) is 3. The van der Waals surface area contributed by atoms with Gasteiger partial charge in [0.15, 0.2) is 5.16 Å². The Kier molecular flexibility index (Phi) is 3.53. The fourth-order valence-electron chi connectivity index (χ4n) is 1.94. The second-order valence-electron chi connectivity index (χ2n) is 4.58. The molecule has 0 spiro atoms. The van der Waals surface area contributed by atoms with Crippen LogP contribution < -0.4 is 5.73 Å². The molecule has 0 bridgehead atoms. The molecule has 0 unspecified atom stereocenters. The first-order valence-corrected chi connectivity index (χ1v) is 7.15. The van der Waals surface area contributed by atoms with Crippen molar-refractivity contribution in [2.75, 3.05) is 0 Å². The number of nitrogen functional groups attached to an aromatic ring is 1. The third kappa shape index (κ3) is 2.71. The van der Waals surface area contributed by atoms with E-state index in [1.165, 1.54) is 11.8 Å². The molecule has 2 aromatic heterocycles. The van der Waals surface area contributed by atoms with Gasteiger partial charge in [0.25, 0.3) is 0 Å². The lowest BCUT2D eigenvalue weighted by molar-refractivity contribution is 0.950. The number of pyridine rings is 1. The average Bonchev–Trinajstić information content (AvgIpc) is 2.49. The molecule has 0 saturated carbocycles. The Balaban J connectivity index is 2.16. The minimum absolute atomic E-state index is 0.0112. The summed E-state index contributed by atoms with van der Waals surface area (Å²) in [7, 11) is 0. The largest absolute Gasteiger partial charge is 0.384 e. The second-order valence-corrected chi connectivity index (χ2v) is 5.55. The van der Waals surface area contributed by atoms with Crippen LogP contribution in [0.25, 0.3) is 10.9 Å². The maximum atomic E-state index is 7.74. The SMILES string of the molecule is Cc1cnc(Sc2c(C(=N)N)cnc3ccccc23)nc1. The fraction of sp³-hybridized carbons (Fsp3) is 0.0667. The lowest BCUT2D eigenvalue weighted by Crippen LogP contribution is -2.13. The second kappa shape index (κ2) is 5.49. The smallest absolute Gasteiger partial charge is 0.192 e. The molecule has 0 aliphatic carbocycles. The van der Waals surface area contributed by atoms with Crippen LogP contribution in [0.5, 0.6) is 0 Å². The number of para-hydroxylation sites is 1. The van der Waals surface area contributed by atoms with Crippen molar-refractivity contribution >= 4 is 28.5 Å². The van der Waals surface area contributed by atoms with Gasteiger partial charge in [0.05, 0.1) is 5.52 Å². The van der Waals surface area contributed by atoms with Crippen LogP contribution in [0.2, 0.25) is 0 Å². The van der Waals surface area contributed by atoms with E-state index in [-0.39, 0.29) is 5.84 Å². The van der Waals surface area contributed by atoms with Crippen molar-refractivity contribution < 1.29 is 0 Å². The molecule has 0 aliphatic heterocycles. The molecule has 0 radical (unpaired) electrons. The van der Waals surface area contributed by atoms with E-state index in [9.17, 15) is 0 Å². The minimum atomic E-state index is -0.0112. The van der Waals surface area contributed by atoms with Gasteiger partial charge in [0, 0.05) is 34.4 Å². The number of rotatable bonds is 3. The molecule has 104 valence electrons. The number of benzene rings is 1. The molecular formula is C15H13N5S. The standard InChI is InChI=1S/C15H13N5S/c1-9-6-19-15(20-7-9)21-13-10-4-2-3-5-12(10)18-8-11(13)14(16)17/h2-8H,1H3,(H3,16,17). The molecule has 2 heterocycles. The van der Waals surface area contributed by atoms with E-state index in [2.05, 4.69) is 15.0 Å². The minimum Gasteiger partial charge on any atom is -0.384 e. The monoisotopic (exact) mass is 295 g/mol. The van der Waals surface area contributed by atoms with Crippen LogP contribution in [-0.2, 0) is 0 Å². The average molecular weight is 295 g/mol. The number of nitrogens with one attached hydrogen (secondary N) is 1. The lowest BCUT2D eigenvalue weighted by Gasteiger charge is -2.10. The van der Waals surface area contributed by atoms with Gasteiger partial charge < -0.3 is 5.73 Å². The van der Waals surface area contributed by atoms with Crippen molar-refractivity contribution in [3.8, 4) is 0 Å². The summed E-state index contributed by atoms with van der Waals surface area (Å²) in [6.07, 6.45) is 5.17. The summed E-state index contributed by atoms with van der Waals surface area (Å²) in [5, 5.41) is 9.30. The Bertz CT molecular complexity index is 814. The Morgan fingerprint density at radius 1 is 1.10 bits per heavy atom. The maximum Gasteiger partial charge on any atom is 0.192 e. The molecule has 3 rings (SSSR count). The van der Waals surface area contributed by atoms with Gasteiger partial charge in [-0.1, -0.05) is 18.2 Å². The van der Waals surface area contributed by atoms with Crippen molar-refractivity contribution in [1.29, 1.82) is 5.41 Å². The van der Waals surface area contributed by atoms with Crippen molar-refractivity contribution in [3.63, 3.8) is 0 Å². The summed E-state index contributed by atoms with van der Waals surface area (Å²) >= 11 is 1.40. The van der Waals surface area contributed by atoms with Crippen LogP contribution in [-0.4, -0.2) is 20.8 Å².